The van der Waals surface area contributed by atoms with Gasteiger partial charge in [0.1, 0.15) is 0 Å². The summed E-state index contributed by atoms with van der Waals surface area (Å²) in [6, 6.07) is 6.09. The number of benzene rings is 1. The van der Waals surface area contributed by atoms with Crippen molar-refractivity contribution in [3.63, 3.8) is 0 Å². The molecule has 138 valence electrons. The molecule has 1 saturated carbocycles. The SMILES string of the molecule is CCOC(=O)CCN(C(=O)c1ccc(C)c(C)c1)C1CCCCCC1. The Bertz CT molecular complexity index is 589. The van der Waals surface area contributed by atoms with E-state index >= 15 is 0 Å². The van der Waals surface area contributed by atoms with E-state index in [2.05, 4.69) is 0 Å². The third-order valence-corrected chi connectivity index (χ3v) is 5.14. The summed E-state index contributed by atoms with van der Waals surface area (Å²) in [5.41, 5.74) is 3.03. The molecule has 1 aliphatic carbocycles. The van der Waals surface area contributed by atoms with E-state index in [0.717, 1.165) is 36.8 Å². The van der Waals surface area contributed by atoms with Gasteiger partial charge >= 0.3 is 5.97 Å². The summed E-state index contributed by atoms with van der Waals surface area (Å²) in [7, 11) is 0. The highest BCUT2D eigenvalue weighted by molar-refractivity contribution is 5.95. The van der Waals surface area contributed by atoms with Gasteiger partial charge in [0, 0.05) is 18.2 Å². The summed E-state index contributed by atoms with van der Waals surface area (Å²) in [6.45, 7) is 6.71. The van der Waals surface area contributed by atoms with Gasteiger partial charge in [0.2, 0.25) is 0 Å². The molecular formula is C21H31NO3. The molecule has 1 aromatic carbocycles. The van der Waals surface area contributed by atoms with Gasteiger partial charge in [0.15, 0.2) is 0 Å². The molecule has 1 amide bonds. The molecule has 0 saturated heterocycles. The first-order valence-corrected chi connectivity index (χ1v) is 9.56. The predicted molar refractivity (Wildman–Crippen MR) is 99.7 cm³/mol. The summed E-state index contributed by atoms with van der Waals surface area (Å²) < 4.78 is 5.05. The number of hydrogen-bond donors (Lipinski definition) is 0. The topological polar surface area (TPSA) is 46.6 Å². The standard InChI is InChI=1S/C21H31NO3/c1-4-25-20(23)13-14-22(19-9-7-5-6-8-10-19)21(24)18-12-11-16(2)17(3)15-18/h11-12,15,19H,4-10,13-14H2,1-3H3. The molecule has 0 heterocycles. The number of esters is 1. The molecule has 1 fully saturated rings. The number of rotatable bonds is 6. The number of amides is 1. The summed E-state index contributed by atoms with van der Waals surface area (Å²) in [4.78, 5) is 26.9. The lowest BCUT2D eigenvalue weighted by molar-refractivity contribution is -0.143. The van der Waals surface area contributed by atoms with E-state index in [4.69, 9.17) is 4.74 Å². The maximum Gasteiger partial charge on any atom is 0.307 e. The van der Waals surface area contributed by atoms with E-state index < -0.39 is 0 Å². The Kier molecular flexibility index (Phi) is 7.48. The molecular weight excluding hydrogens is 314 g/mol. The van der Waals surface area contributed by atoms with Crippen LogP contribution in [0, 0.1) is 13.8 Å². The van der Waals surface area contributed by atoms with Crippen LogP contribution in [0.25, 0.3) is 0 Å². The molecule has 0 unspecified atom stereocenters. The number of carbonyl (C=O) groups is 2. The molecule has 1 aliphatic rings. The van der Waals surface area contributed by atoms with Crippen molar-refractivity contribution in [1.82, 2.24) is 4.90 Å². The minimum absolute atomic E-state index is 0.0410. The Balaban J connectivity index is 2.17. The lowest BCUT2D eigenvalue weighted by atomic mass is 10.0. The van der Waals surface area contributed by atoms with Gasteiger partial charge in [-0.25, -0.2) is 0 Å². The zero-order chi connectivity index (χ0) is 18.2. The Morgan fingerprint density at radius 3 is 2.36 bits per heavy atom. The average Bonchev–Trinajstić information content (AvgIpc) is 2.87. The highest BCUT2D eigenvalue weighted by atomic mass is 16.5. The Hall–Kier alpha value is -1.84. The maximum absolute atomic E-state index is 13.2. The number of ether oxygens (including phenoxy) is 1. The third-order valence-electron chi connectivity index (χ3n) is 5.14. The smallest absolute Gasteiger partial charge is 0.307 e. The minimum atomic E-state index is -0.228. The first kappa shape index (κ1) is 19.5. The molecule has 0 bridgehead atoms. The van der Waals surface area contributed by atoms with E-state index in [9.17, 15) is 9.59 Å². The van der Waals surface area contributed by atoms with Crippen LogP contribution in [0.1, 0.15) is 73.4 Å². The second-order valence-corrected chi connectivity index (χ2v) is 7.00. The summed E-state index contributed by atoms with van der Waals surface area (Å²) in [6.07, 6.45) is 7.10. The number of hydrogen-bond acceptors (Lipinski definition) is 3. The van der Waals surface area contributed by atoms with Crippen LogP contribution < -0.4 is 0 Å². The Morgan fingerprint density at radius 2 is 1.76 bits per heavy atom. The van der Waals surface area contributed by atoms with Crippen molar-refractivity contribution in [2.75, 3.05) is 13.2 Å². The summed E-state index contributed by atoms with van der Waals surface area (Å²) in [5, 5.41) is 0. The zero-order valence-electron chi connectivity index (χ0n) is 15.8. The van der Waals surface area contributed by atoms with Gasteiger partial charge in [0.25, 0.3) is 5.91 Å². The van der Waals surface area contributed by atoms with Gasteiger partial charge in [-0.2, -0.15) is 0 Å². The van der Waals surface area contributed by atoms with E-state index in [0.29, 0.717) is 13.2 Å². The van der Waals surface area contributed by atoms with Crippen molar-refractivity contribution in [1.29, 1.82) is 0 Å². The van der Waals surface area contributed by atoms with Gasteiger partial charge in [-0.05, 0) is 56.9 Å². The summed E-state index contributed by atoms with van der Waals surface area (Å²) >= 11 is 0. The van der Waals surface area contributed by atoms with E-state index in [-0.39, 0.29) is 24.3 Å². The van der Waals surface area contributed by atoms with Crippen molar-refractivity contribution >= 4 is 11.9 Å². The highest BCUT2D eigenvalue weighted by Gasteiger charge is 2.26. The molecule has 0 aliphatic heterocycles. The number of carbonyl (C=O) groups excluding carboxylic acids is 2. The Labute approximate surface area is 151 Å². The maximum atomic E-state index is 13.2. The minimum Gasteiger partial charge on any atom is -0.466 e. The lowest BCUT2D eigenvalue weighted by Gasteiger charge is -2.31. The fourth-order valence-corrected chi connectivity index (χ4v) is 3.50. The first-order valence-electron chi connectivity index (χ1n) is 9.56. The van der Waals surface area contributed by atoms with E-state index in [1.54, 1.807) is 6.92 Å². The zero-order valence-corrected chi connectivity index (χ0v) is 15.8. The van der Waals surface area contributed by atoms with Gasteiger partial charge in [-0.1, -0.05) is 31.7 Å². The molecule has 4 heteroatoms. The molecule has 4 nitrogen and oxygen atoms in total. The quantitative estimate of drug-likeness (QED) is 0.566. The fraction of sp³-hybridized carbons (Fsp3) is 0.619. The third kappa shape index (κ3) is 5.58. The molecule has 1 aromatic rings. The largest absolute Gasteiger partial charge is 0.466 e. The molecule has 0 radical (unpaired) electrons. The van der Waals surface area contributed by atoms with Crippen LogP contribution in [0.3, 0.4) is 0 Å². The lowest BCUT2D eigenvalue weighted by Crippen LogP contribution is -2.41. The van der Waals surface area contributed by atoms with Crippen LogP contribution in [0.2, 0.25) is 0 Å². The van der Waals surface area contributed by atoms with Crippen molar-refractivity contribution in [3.8, 4) is 0 Å². The monoisotopic (exact) mass is 345 g/mol. The summed E-state index contributed by atoms with van der Waals surface area (Å²) in [5.74, 6) is -0.187. The van der Waals surface area contributed by atoms with Crippen molar-refractivity contribution in [2.24, 2.45) is 0 Å². The van der Waals surface area contributed by atoms with Crippen LogP contribution in [-0.4, -0.2) is 36.0 Å². The van der Waals surface area contributed by atoms with Crippen molar-refractivity contribution < 1.29 is 14.3 Å². The molecule has 0 atom stereocenters. The van der Waals surface area contributed by atoms with E-state index in [1.807, 2.05) is 36.9 Å². The van der Waals surface area contributed by atoms with E-state index in [1.165, 1.54) is 18.4 Å². The normalized spacial score (nSPS) is 15.5. The van der Waals surface area contributed by atoms with Crippen molar-refractivity contribution in [3.05, 3.63) is 34.9 Å². The van der Waals surface area contributed by atoms with Gasteiger partial charge < -0.3 is 9.64 Å². The van der Waals surface area contributed by atoms with Crippen LogP contribution in [0.4, 0.5) is 0 Å². The predicted octanol–water partition coefficient (Wildman–Crippen LogP) is 4.42. The average molecular weight is 345 g/mol. The van der Waals surface area contributed by atoms with Gasteiger partial charge in [-0.3, -0.25) is 9.59 Å². The molecule has 0 spiro atoms. The van der Waals surface area contributed by atoms with Crippen LogP contribution in [-0.2, 0) is 9.53 Å². The molecule has 2 rings (SSSR count). The van der Waals surface area contributed by atoms with Crippen LogP contribution >= 0.6 is 0 Å². The first-order chi connectivity index (χ1) is 12.0. The van der Waals surface area contributed by atoms with Crippen LogP contribution in [0.15, 0.2) is 18.2 Å². The fourth-order valence-electron chi connectivity index (χ4n) is 3.50. The second kappa shape index (κ2) is 9.59. The Morgan fingerprint density at radius 1 is 1.08 bits per heavy atom. The molecule has 25 heavy (non-hydrogen) atoms. The number of nitrogens with zero attached hydrogens (tertiary/aromatic N) is 1. The van der Waals surface area contributed by atoms with Crippen molar-refractivity contribution in [2.45, 2.75) is 71.8 Å². The highest BCUT2D eigenvalue weighted by Crippen LogP contribution is 2.24. The molecule has 0 aromatic heterocycles. The second-order valence-electron chi connectivity index (χ2n) is 7.00. The number of aryl methyl sites for hydroxylation is 2. The molecule has 0 N–H and O–H groups in total. The van der Waals surface area contributed by atoms with Gasteiger partial charge in [-0.15, -0.1) is 0 Å². The van der Waals surface area contributed by atoms with Crippen LogP contribution in [0.5, 0.6) is 0 Å². The van der Waals surface area contributed by atoms with Gasteiger partial charge in [0.05, 0.1) is 13.0 Å².